The van der Waals surface area contributed by atoms with Crippen molar-refractivity contribution >= 4 is 11.8 Å². The van der Waals surface area contributed by atoms with Gasteiger partial charge in [-0.3, -0.25) is 5.10 Å². The van der Waals surface area contributed by atoms with Gasteiger partial charge in [-0.15, -0.1) is 11.8 Å². The van der Waals surface area contributed by atoms with Crippen LogP contribution in [0.1, 0.15) is 0 Å². The predicted octanol–water partition coefficient (Wildman–Crippen LogP) is 4.49. The van der Waals surface area contributed by atoms with Crippen molar-refractivity contribution in [2.75, 3.05) is 27.6 Å². The lowest BCUT2D eigenvalue weighted by Crippen LogP contribution is -1.96. The topological polar surface area (TPSA) is 56.4 Å². The molecule has 1 N–H and O–H groups in total. The van der Waals surface area contributed by atoms with Crippen LogP contribution < -0.4 is 14.2 Å². The van der Waals surface area contributed by atoms with Crippen LogP contribution >= 0.6 is 11.8 Å². The summed E-state index contributed by atoms with van der Waals surface area (Å²) >= 11 is 1.72. The molecule has 3 aromatic rings. The summed E-state index contributed by atoms with van der Waals surface area (Å²) < 4.78 is 16.3. The second kappa shape index (κ2) is 7.53. The molecule has 1 aromatic heterocycles. The Hall–Kier alpha value is -2.60. The van der Waals surface area contributed by atoms with E-state index in [0.29, 0.717) is 17.2 Å². The summed E-state index contributed by atoms with van der Waals surface area (Å²) in [7, 11) is 4.81. The van der Waals surface area contributed by atoms with E-state index >= 15 is 0 Å². The molecule has 0 unspecified atom stereocenters. The number of aromatic nitrogens is 2. The monoisotopic (exact) mass is 356 g/mol. The van der Waals surface area contributed by atoms with E-state index in [4.69, 9.17) is 14.2 Å². The number of rotatable bonds is 6. The minimum Gasteiger partial charge on any atom is -0.493 e. The first-order chi connectivity index (χ1) is 12.2. The Kier molecular flexibility index (Phi) is 5.19. The largest absolute Gasteiger partial charge is 0.493 e. The van der Waals surface area contributed by atoms with Gasteiger partial charge in [0, 0.05) is 16.0 Å². The minimum absolute atomic E-state index is 0.569. The molecule has 0 saturated carbocycles. The van der Waals surface area contributed by atoms with Crippen LogP contribution in [-0.2, 0) is 0 Å². The van der Waals surface area contributed by atoms with Crippen molar-refractivity contribution in [3.63, 3.8) is 0 Å². The molecule has 0 saturated heterocycles. The highest BCUT2D eigenvalue weighted by Gasteiger charge is 2.17. The Labute approximate surface area is 151 Å². The lowest BCUT2D eigenvalue weighted by molar-refractivity contribution is 0.324. The molecule has 6 heteroatoms. The number of hydrogen-bond donors (Lipinski definition) is 1. The molecule has 0 aliphatic rings. The van der Waals surface area contributed by atoms with Crippen molar-refractivity contribution in [1.82, 2.24) is 10.2 Å². The normalized spacial score (nSPS) is 10.6. The molecule has 25 heavy (non-hydrogen) atoms. The van der Waals surface area contributed by atoms with Crippen LogP contribution in [0.4, 0.5) is 0 Å². The number of methoxy groups -OCH3 is 3. The molecule has 2 aromatic carbocycles. The highest BCUT2D eigenvalue weighted by Crippen LogP contribution is 2.42. The van der Waals surface area contributed by atoms with Gasteiger partial charge in [-0.1, -0.05) is 12.1 Å². The number of ether oxygens (including phenoxy) is 3. The first-order valence-corrected chi connectivity index (χ1v) is 8.92. The van der Waals surface area contributed by atoms with E-state index in [2.05, 4.69) is 40.7 Å². The number of aromatic amines is 1. The average molecular weight is 356 g/mol. The molecule has 5 nitrogen and oxygen atoms in total. The third-order valence-electron chi connectivity index (χ3n) is 3.99. The maximum atomic E-state index is 5.45. The summed E-state index contributed by atoms with van der Waals surface area (Å²) in [6.45, 7) is 0. The standard InChI is InChI=1S/C19H20N2O3S/c1-22-16-9-13(10-17(23-2)19(16)24-3)18-15(11-20-21-18)12-5-7-14(25-4)8-6-12/h5-11H,1-4H3,(H,20,21). The number of thioether (sulfide) groups is 1. The van der Waals surface area contributed by atoms with Gasteiger partial charge in [0.25, 0.3) is 0 Å². The molecule has 0 amide bonds. The molecule has 0 spiro atoms. The Balaban J connectivity index is 2.10. The maximum absolute atomic E-state index is 5.45. The van der Waals surface area contributed by atoms with E-state index in [1.807, 2.05) is 18.3 Å². The summed E-state index contributed by atoms with van der Waals surface area (Å²) in [5, 5.41) is 7.31. The molecule has 0 aliphatic carbocycles. The van der Waals surface area contributed by atoms with Gasteiger partial charge >= 0.3 is 0 Å². The number of benzene rings is 2. The molecular weight excluding hydrogens is 336 g/mol. The van der Waals surface area contributed by atoms with E-state index in [1.165, 1.54) is 4.90 Å². The summed E-state index contributed by atoms with van der Waals surface area (Å²) in [5.41, 5.74) is 3.92. The van der Waals surface area contributed by atoms with E-state index in [9.17, 15) is 0 Å². The van der Waals surface area contributed by atoms with Crippen molar-refractivity contribution in [2.24, 2.45) is 0 Å². The van der Waals surface area contributed by atoms with Crippen LogP contribution in [0.5, 0.6) is 17.2 Å². The van der Waals surface area contributed by atoms with Gasteiger partial charge in [-0.05, 0) is 36.1 Å². The van der Waals surface area contributed by atoms with E-state index < -0.39 is 0 Å². The van der Waals surface area contributed by atoms with Gasteiger partial charge in [0.15, 0.2) is 11.5 Å². The van der Waals surface area contributed by atoms with Gasteiger partial charge in [-0.2, -0.15) is 5.10 Å². The van der Waals surface area contributed by atoms with Gasteiger partial charge in [0.05, 0.1) is 33.2 Å². The Bertz CT molecular complexity index is 834. The molecule has 1 heterocycles. The quantitative estimate of drug-likeness (QED) is 0.660. The van der Waals surface area contributed by atoms with Crippen LogP contribution in [0, 0.1) is 0 Å². The Morgan fingerprint density at radius 3 is 2.04 bits per heavy atom. The third kappa shape index (κ3) is 3.30. The van der Waals surface area contributed by atoms with Crippen LogP contribution in [0.15, 0.2) is 47.5 Å². The SMILES string of the molecule is COc1cc(-c2[nH]ncc2-c2ccc(SC)cc2)cc(OC)c1OC. The van der Waals surface area contributed by atoms with Crippen molar-refractivity contribution < 1.29 is 14.2 Å². The molecule has 130 valence electrons. The second-order valence-electron chi connectivity index (χ2n) is 5.30. The fourth-order valence-corrected chi connectivity index (χ4v) is 3.13. The molecular formula is C19H20N2O3S. The Morgan fingerprint density at radius 1 is 0.880 bits per heavy atom. The summed E-state index contributed by atoms with van der Waals surface area (Å²) in [5.74, 6) is 1.78. The summed E-state index contributed by atoms with van der Waals surface area (Å²) in [6.07, 6.45) is 3.89. The zero-order chi connectivity index (χ0) is 17.8. The van der Waals surface area contributed by atoms with E-state index in [-0.39, 0.29) is 0 Å². The van der Waals surface area contributed by atoms with Gasteiger partial charge < -0.3 is 14.2 Å². The first kappa shape index (κ1) is 17.2. The maximum Gasteiger partial charge on any atom is 0.203 e. The van der Waals surface area contributed by atoms with Crippen molar-refractivity contribution in [1.29, 1.82) is 0 Å². The van der Waals surface area contributed by atoms with Gasteiger partial charge in [-0.25, -0.2) is 0 Å². The first-order valence-electron chi connectivity index (χ1n) is 7.70. The average Bonchev–Trinajstić information content (AvgIpc) is 3.16. The van der Waals surface area contributed by atoms with E-state index in [1.54, 1.807) is 33.1 Å². The van der Waals surface area contributed by atoms with Crippen LogP contribution in [0.3, 0.4) is 0 Å². The van der Waals surface area contributed by atoms with Gasteiger partial charge in [0.2, 0.25) is 5.75 Å². The summed E-state index contributed by atoms with van der Waals surface area (Å²) in [6, 6.07) is 12.2. The van der Waals surface area contributed by atoms with Gasteiger partial charge in [0.1, 0.15) is 0 Å². The van der Waals surface area contributed by atoms with Crippen LogP contribution in [-0.4, -0.2) is 37.8 Å². The number of H-pyrrole nitrogens is 1. The summed E-state index contributed by atoms with van der Waals surface area (Å²) in [4.78, 5) is 1.22. The van der Waals surface area contributed by atoms with Crippen LogP contribution in [0.2, 0.25) is 0 Å². The number of nitrogens with one attached hydrogen (secondary N) is 1. The zero-order valence-electron chi connectivity index (χ0n) is 14.6. The van der Waals surface area contributed by atoms with Crippen molar-refractivity contribution in [2.45, 2.75) is 4.90 Å². The minimum atomic E-state index is 0.569. The number of nitrogens with zero attached hydrogens (tertiary/aromatic N) is 1. The third-order valence-corrected chi connectivity index (χ3v) is 4.74. The fraction of sp³-hybridized carbons (Fsp3) is 0.211. The van der Waals surface area contributed by atoms with E-state index in [0.717, 1.165) is 22.4 Å². The van der Waals surface area contributed by atoms with Crippen molar-refractivity contribution in [3.8, 4) is 39.6 Å². The molecule has 0 radical (unpaired) electrons. The number of hydrogen-bond acceptors (Lipinski definition) is 5. The lowest BCUT2D eigenvalue weighted by atomic mass is 10.0. The molecule has 3 rings (SSSR count). The second-order valence-corrected chi connectivity index (χ2v) is 6.18. The highest BCUT2D eigenvalue weighted by atomic mass is 32.2. The van der Waals surface area contributed by atoms with Crippen LogP contribution in [0.25, 0.3) is 22.4 Å². The lowest BCUT2D eigenvalue weighted by Gasteiger charge is -2.14. The highest BCUT2D eigenvalue weighted by molar-refractivity contribution is 7.98. The molecule has 0 atom stereocenters. The Morgan fingerprint density at radius 2 is 1.52 bits per heavy atom. The molecule has 0 fully saturated rings. The predicted molar refractivity (Wildman–Crippen MR) is 101 cm³/mol. The smallest absolute Gasteiger partial charge is 0.203 e. The molecule has 0 bridgehead atoms. The molecule has 0 aliphatic heterocycles. The zero-order valence-corrected chi connectivity index (χ0v) is 15.4. The fourth-order valence-electron chi connectivity index (χ4n) is 2.72. The van der Waals surface area contributed by atoms with Crippen molar-refractivity contribution in [3.05, 3.63) is 42.6 Å².